The molecule has 0 aromatic carbocycles. The van der Waals surface area contributed by atoms with Crippen molar-refractivity contribution in [2.75, 3.05) is 6.61 Å². The largest absolute Gasteiger partial charge is 0.313 e. The molecule has 0 bridgehead atoms. The second kappa shape index (κ2) is 2.66. The van der Waals surface area contributed by atoms with Gasteiger partial charge < -0.3 is 4.84 Å². The molecule has 0 saturated carbocycles. The van der Waals surface area contributed by atoms with Gasteiger partial charge in [0.25, 0.3) is 5.09 Å². The molecule has 4 heteroatoms. The molecule has 0 unspecified atom stereocenters. The fraction of sp³-hybridized carbons (Fsp3) is 1.00. The lowest BCUT2D eigenvalue weighted by molar-refractivity contribution is -0.760. The molecule has 0 N–H and O–H groups in total. The molecule has 0 saturated heterocycles. The highest BCUT2D eigenvalue weighted by Gasteiger charge is 2.11. The number of hydrogen-bond acceptors (Lipinski definition) is 3. The van der Waals surface area contributed by atoms with Crippen molar-refractivity contribution in [2.24, 2.45) is 5.41 Å². The lowest BCUT2D eigenvalue weighted by Gasteiger charge is -2.14. The monoisotopic (exact) mass is 133 g/mol. The first-order valence-corrected chi connectivity index (χ1v) is 2.69. The quantitative estimate of drug-likeness (QED) is 0.420. The van der Waals surface area contributed by atoms with Gasteiger partial charge >= 0.3 is 0 Å². The smallest absolute Gasteiger partial charge is 0.294 e. The molecule has 0 aliphatic carbocycles. The third-order valence-electron chi connectivity index (χ3n) is 0.603. The van der Waals surface area contributed by atoms with Crippen molar-refractivity contribution >= 4 is 0 Å². The summed E-state index contributed by atoms with van der Waals surface area (Å²) in [6, 6.07) is 0. The van der Waals surface area contributed by atoms with Crippen molar-refractivity contribution in [1.29, 1.82) is 0 Å². The van der Waals surface area contributed by atoms with Crippen LogP contribution in [0.2, 0.25) is 0 Å². The third-order valence-corrected chi connectivity index (χ3v) is 0.603. The summed E-state index contributed by atoms with van der Waals surface area (Å²) in [6.45, 7) is 5.77. The van der Waals surface area contributed by atoms with Crippen LogP contribution in [-0.2, 0) is 4.84 Å². The minimum Gasteiger partial charge on any atom is -0.313 e. The van der Waals surface area contributed by atoms with Crippen molar-refractivity contribution in [1.82, 2.24) is 0 Å². The van der Waals surface area contributed by atoms with Crippen LogP contribution in [0.4, 0.5) is 0 Å². The van der Waals surface area contributed by atoms with Gasteiger partial charge in [-0.05, 0) is 5.41 Å². The van der Waals surface area contributed by atoms with Crippen LogP contribution in [0.3, 0.4) is 0 Å². The molecular formula is C5H11NO3. The topological polar surface area (TPSA) is 52.4 Å². The lowest BCUT2D eigenvalue weighted by atomic mass is 9.99. The van der Waals surface area contributed by atoms with Crippen LogP contribution >= 0.6 is 0 Å². The summed E-state index contributed by atoms with van der Waals surface area (Å²) in [7, 11) is 0. The lowest BCUT2D eigenvalue weighted by Crippen LogP contribution is -2.17. The Morgan fingerprint density at radius 2 is 2.00 bits per heavy atom. The summed E-state index contributed by atoms with van der Waals surface area (Å²) in [5.41, 5.74) is -0.132. The van der Waals surface area contributed by atoms with E-state index in [9.17, 15) is 10.1 Å². The summed E-state index contributed by atoms with van der Waals surface area (Å²) >= 11 is 0. The van der Waals surface area contributed by atoms with E-state index in [2.05, 4.69) is 4.84 Å². The zero-order valence-electron chi connectivity index (χ0n) is 5.88. The number of hydrogen-bond donors (Lipinski definition) is 0. The van der Waals surface area contributed by atoms with E-state index in [1.165, 1.54) is 0 Å². The number of rotatable bonds is 2. The van der Waals surface area contributed by atoms with Crippen molar-refractivity contribution in [3.8, 4) is 0 Å². The molecule has 0 fully saturated rings. The van der Waals surface area contributed by atoms with E-state index < -0.39 is 5.09 Å². The van der Waals surface area contributed by atoms with E-state index in [1.807, 2.05) is 20.8 Å². The summed E-state index contributed by atoms with van der Waals surface area (Å²) < 4.78 is 0. The van der Waals surface area contributed by atoms with Gasteiger partial charge in [-0.3, -0.25) is 0 Å². The molecule has 0 spiro atoms. The zero-order chi connectivity index (χ0) is 7.49. The van der Waals surface area contributed by atoms with Crippen molar-refractivity contribution in [2.45, 2.75) is 20.8 Å². The minimum absolute atomic E-state index is 0.132. The van der Waals surface area contributed by atoms with E-state index in [4.69, 9.17) is 0 Å². The van der Waals surface area contributed by atoms with Gasteiger partial charge in [-0.2, -0.15) is 0 Å². The van der Waals surface area contributed by atoms with Crippen LogP contribution in [0, 0.1) is 15.5 Å². The maximum absolute atomic E-state index is 9.63. The molecule has 0 aromatic rings. The highest BCUT2D eigenvalue weighted by atomic mass is 16.9. The molecule has 0 radical (unpaired) electrons. The van der Waals surface area contributed by atoms with E-state index in [-0.39, 0.29) is 12.0 Å². The molecule has 0 rings (SSSR count). The van der Waals surface area contributed by atoms with Crippen LogP contribution in [0.25, 0.3) is 0 Å². The molecule has 0 aliphatic heterocycles. The first-order chi connectivity index (χ1) is 3.92. The molecule has 9 heavy (non-hydrogen) atoms. The highest BCUT2D eigenvalue weighted by molar-refractivity contribution is 4.56. The third kappa shape index (κ3) is 7.20. The molecule has 0 aliphatic rings. The van der Waals surface area contributed by atoms with Crippen LogP contribution in [0.15, 0.2) is 0 Å². The van der Waals surface area contributed by atoms with Crippen molar-refractivity contribution < 1.29 is 9.92 Å². The highest BCUT2D eigenvalue weighted by Crippen LogP contribution is 2.12. The predicted molar refractivity (Wildman–Crippen MR) is 32.4 cm³/mol. The van der Waals surface area contributed by atoms with Crippen molar-refractivity contribution in [3.63, 3.8) is 0 Å². The van der Waals surface area contributed by atoms with E-state index >= 15 is 0 Å². The Bertz CT molecular complexity index is 105. The molecule has 54 valence electrons. The van der Waals surface area contributed by atoms with Gasteiger partial charge in [-0.1, -0.05) is 20.8 Å². The second-order valence-corrected chi connectivity index (χ2v) is 3.06. The maximum atomic E-state index is 9.63. The van der Waals surface area contributed by atoms with Gasteiger partial charge in [0.1, 0.15) is 6.61 Å². The van der Waals surface area contributed by atoms with Crippen molar-refractivity contribution in [3.05, 3.63) is 10.1 Å². The van der Waals surface area contributed by atoms with E-state index in [0.717, 1.165) is 0 Å². The molecule has 0 aromatic heterocycles. The summed E-state index contributed by atoms with van der Waals surface area (Å²) in [5, 5.41) is 8.86. The van der Waals surface area contributed by atoms with E-state index in [1.54, 1.807) is 0 Å². The first kappa shape index (κ1) is 8.20. The first-order valence-electron chi connectivity index (χ1n) is 2.69. The van der Waals surface area contributed by atoms with Gasteiger partial charge in [-0.25, -0.2) is 0 Å². The van der Waals surface area contributed by atoms with Gasteiger partial charge in [0.05, 0.1) is 0 Å². The summed E-state index contributed by atoms with van der Waals surface area (Å²) in [4.78, 5) is 13.8. The average Bonchev–Trinajstić information content (AvgIpc) is 1.59. The van der Waals surface area contributed by atoms with Crippen LogP contribution in [-0.4, -0.2) is 11.7 Å². The Balaban J connectivity index is 3.39. The Hall–Kier alpha value is -0.800. The average molecular weight is 133 g/mol. The second-order valence-electron chi connectivity index (χ2n) is 3.06. The molecule has 0 atom stereocenters. The molecular weight excluding hydrogens is 122 g/mol. The van der Waals surface area contributed by atoms with Gasteiger partial charge in [0.15, 0.2) is 0 Å². The summed E-state index contributed by atoms with van der Waals surface area (Å²) in [5.74, 6) is 0. The molecule has 0 heterocycles. The Kier molecular flexibility index (Phi) is 2.42. The predicted octanol–water partition coefficient (Wildman–Crippen LogP) is 1.24. The van der Waals surface area contributed by atoms with Crippen LogP contribution in [0.5, 0.6) is 0 Å². The Morgan fingerprint density at radius 1 is 1.56 bits per heavy atom. The van der Waals surface area contributed by atoms with E-state index in [0.29, 0.717) is 0 Å². The van der Waals surface area contributed by atoms with Crippen LogP contribution in [0.1, 0.15) is 20.8 Å². The van der Waals surface area contributed by atoms with Gasteiger partial charge in [-0.15, -0.1) is 10.1 Å². The zero-order valence-corrected chi connectivity index (χ0v) is 5.88. The Labute approximate surface area is 53.9 Å². The minimum atomic E-state index is -0.773. The van der Waals surface area contributed by atoms with Gasteiger partial charge in [0, 0.05) is 0 Å². The SMILES string of the molecule is CC(C)(C)CO[N+](=O)[O-]. The molecule has 4 nitrogen and oxygen atoms in total. The Morgan fingerprint density at radius 3 is 2.11 bits per heavy atom. The molecule has 0 amide bonds. The van der Waals surface area contributed by atoms with Gasteiger partial charge in [0.2, 0.25) is 0 Å². The fourth-order valence-electron chi connectivity index (χ4n) is 0.246. The number of nitrogens with zero attached hydrogens (tertiary/aromatic N) is 1. The fourth-order valence-corrected chi connectivity index (χ4v) is 0.246. The summed E-state index contributed by atoms with van der Waals surface area (Å²) in [6.07, 6.45) is 0. The standard InChI is InChI=1S/C5H11NO3/c1-5(2,3)4-9-6(7)8/h4H2,1-3H3. The maximum Gasteiger partial charge on any atom is 0.294 e. The normalized spacial score (nSPS) is 11.0. The van der Waals surface area contributed by atoms with Crippen LogP contribution < -0.4 is 0 Å².